The largest absolute Gasteiger partial charge is 0.355 e. The van der Waals surface area contributed by atoms with Crippen LogP contribution in [0.5, 0.6) is 0 Å². The second kappa shape index (κ2) is 7.53. The van der Waals surface area contributed by atoms with E-state index >= 15 is 0 Å². The van der Waals surface area contributed by atoms with Crippen molar-refractivity contribution in [2.75, 3.05) is 18.9 Å². The van der Waals surface area contributed by atoms with Crippen LogP contribution in [0.4, 0.5) is 5.69 Å². The summed E-state index contributed by atoms with van der Waals surface area (Å²) in [6, 6.07) is 16.4. The number of carbonyl (C=O) groups excluding carboxylic acids is 2. The van der Waals surface area contributed by atoms with Gasteiger partial charge in [-0.15, -0.1) is 0 Å². The Bertz CT molecular complexity index is 843. The number of hydrogen-bond acceptors (Lipinski definition) is 3. The molecule has 0 saturated heterocycles. The van der Waals surface area contributed by atoms with Gasteiger partial charge in [-0.2, -0.15) is 0 Å². The van der Waals surface area contributed by atoms with E-state index in [-0.39, 0.29) is 11.8 Å². The standard InChI is InChI=1S/C22H25N3O2/c1-23-22(27)16-6-9-17(10-7-16)24-21(26)14-25(18-11-12-18)20-13-8-15-4-2-3-5-19(15)20/h2-7,9-10,18,20H,8,11-14H2,1H3,(H,23,27)(H,24,26)/t20-/m1/s1. The van der Waals surface area contributed by atoms with E-state index in [0.29, 0.717) is 24.2 Å². The average Bonchev–Trinajstić information content (AvgIpc) is 3.45. The van der Waals surface area contributed by atoms with E-state index in [4.69, 9.17) is 0 Å². The Labute approximate surface area is 159 Å². The Morgan fingerprint density at radius 2 is 1.78 bits per heavy atom. The first kappa shape index (κ1) is 17.7. The monoisotopic (exact) mass is 363 g/mol. The quantitative estimate of drug-likeness (QED) is 0.829. The third kappa shape index (κ3) is 3.88. The zero-order valence-electron chi connectivity index (χ0n) is 15.6. The zero-order valence-corrected chi connectivity index (χ0v) is 15.6. The van der Waals surface area contributed by atoms with E-state index < -0.39 is 0 Å². The van der Waals surface area contributed by atoms with Gasteiger partial charge in [0.1, 0.15) is 0 Å². The Hall–Kier alpha value is -2.66. The lowest BCUT2D eigenvalue weighted by Gasteiger charge is -2.29. The summed E-state index contributed by atoms with van der Waals surface area (Å²) in [6.45, 7) is 0.404. The highest BCUT2D eigenvalue weighted by Crippen LogP contribution is 2.41. The van der Waals surface area contributed by atoms with E-state index in [1.807, 2.05) is 0 Å². The highest BCUT2D eigenvalue weighted by Gasteiger charge is 2.38. The van der Waals surface area contributed by atoms with E-state index in [9.17, 15) is 9.59 Å². The van der Waals surface area contributed by atoms with Crippen LogP contribution in [-0.2, 0) is 11.2 Å². The van der Waals surface area contributed by atoms with Crippen molar-refractivity contribution in [1.29, 1.82) is 0 Å². The highest BCUT2D eigenvalue weighted by molar-refractivity contribution is 5.96. The fourth-order valence-electron chi connectivity index (χ4n) is 3.99. The summed E-state index contributed by atoms with van der Waals surface area (Å²) >= 11 is 0. The van der Waals surface area contributed by atoms with Crippen LogP contribution in [0, 0.1) is 0 Å². The Balaban J connectivity index is 1.42. The molecule has 2 aromatic carbocycles. The molecule has 2 amide bonds. The van der Waals surface area contributed by atoms with Gasteiger partial charge in [-0.1, -0.05) is 24.3 Å². The smallest absolute Gasteiger partial charge is 0.251 e. The molecule has 0 spiro atoms. The second-order valence-corrected chi connectivity index (χ2v) is 7.36. The molecule has 140 valence electrons. The molecule has 4 rings (SSSR count). The van der Waals surface area contributed by atoms with Crippen molar-refractivity contribution in [2.45, 2.75) is 37.8 Å². The van der Waals surface area contributed by atoms with E-state index in [0.717, 1.165) is 18.5 Å². The second-order valence-electron chi connectivity index (χ2n) is 7.36. The number of rotatable bonds is 6. The third-order valence-corrected chi connectivity index (χ3v) is 5.50. The minimum absolute atomic E-state index is 0.000950. The van der Waals surface area contributed by atoms with Crippen LogP contribution in [0.1, 0.15) is 46.8 Å². The van der Waals surface area contributed by atoms with Crippen LogP contribution >= 0.6 is 0 Å². The van der Waals surface area contributed by atoms with Gasteiger partial charge in [0, 0.05) is 30.4 Å². The maximum atomic E-state index is 12.7. The van der Waals surface area contributed by atoms with Crippen LogP contribution in [0.3, 0.4) is 0 Å². The molecule has 0 unspecified atom stereocenters. The molecule has 5 heteroatoms. The van der Waals surface area contributed by atoms with Crippen LogP contribution in [0.2, 0.25) is 0 Å². The van der Waals surface area contributed by atoms with E-state index in [2.05, 4.69) is 39.8 Å². The molecule has 1 saturated carbocycles. The number of carbonyl (C=O) groups is 2. The van der Waals surface area contributed by atoms with Gasteiger partial charge in [-0.05, 0) is 61.1 Å². The number of benzene rings is 2. The van der Waals surface area contributed by atoms with Gasteiger partial charge >= 0.3 is 0 Å². The van der Waals surface area contributed by atoms with Gasteiger partial charge in [0.2, 0.25) is 5.91 Å². The Morgan fingerprint density at radius 1 is 1.04 bits per heavy atom. The molecular formula is C22H25N3O2. The van der Waals surface area contributed by atoms with Crippen molar-refractivity contribution in [3.8, 4) is 0 Å². The first-order chi connectivity index (χ1) is 13.2. The number of fused-ring (bicyclic) bond motifs is 1. The fraction of sp³-hybridized carbons (Fsp3) is 0.364. The summed E-state index contributed by atoms with van der Waals surface area (Å²) in [5.41, 5.74) is 4.10. The number of amides is 2. The molecule has 0 aliphatic heterocycles. The van der Waals surface area contributed by atoms with E-state index in [1.165, 1.54) is 24.0 Å². The van der Waals surface area contributed by atoms with Crippen molar-refractivity contribution in [2.24, 2.45) is 0 Å². The molecule has 2 aromatic rings. The molecule has 0 heterocycles. The van der Waals surface area contributed by atoms with Gasteiger partial charge in [0.25, 0.3) is 5.91 Å². The normalized spacial score (nSPS) is 18.2. The summed E-state index contributed by atoms with van der Waals surface area (Å²) in [4.78, 5) is 26.7. The van der Waals surface area contributed by atoms with Gasteiger partial charge in [0.15, 0.2) is 0 Å². The summed E-state index contributed by atoms with van der Waals surface area (Å²) in [6.07, 6.45) is 4.52. The lowest BCUT2D eigenvalue weighted by molar-refractivity contribution is -0.118. The Morgan fingerprint density at radius 3 is 2.48 bits per heavy atom. The van der Waals surface area contributed by atoms with Crippen molar-refractivity contribution in [1.82, 2.24) is 10.2 Å². The van der Waals surface area contributed by atoms with Crippen molar-refractivity contribution in [3.63, 3.8) is 0 Å². The van der Waals surface area contributed by atoms with Crippen LogP contribution in [0.15, 0.2) is 48.5 Å². The van der Waals surface area contributed by atoms with Crippen molar-refractivity contribution in [3.05, 3.63) is 65.2 Å². The number of anilines is 1. The lowest BCUT2D eigenvalue weighted by Crippen LogP contribution is -2.37. The highest BCUT2D eigenvalue weighted by atomic mass is 16.2. The van der Waals surface area contributed by atoms with Crippen LogP contribution in [-0.4, -0.2) is 36.3 Å². The molecule has 1 fully saturated rings. The Kier molecular flexibility index (Phi) is 4.94. The summed E-state index contributed by atoms with van der Waals surface area (Å²) in [7, 11) is 1.60. The third-order valence-electron chi connectivity index (χ3n) is 5.50. The maximum absolute atomic E-state index is 12.7. The van der Waals surface area contributed by atoms with Crippen LogP contribution in [0.25, 0.3) is 0 Å². The molecule has 1 atom stereocenters. The number of aryl methyl sites for hydroxylation is 1. The molecule has 2 aliphatic rings. The number of nitrogens with one attached hydrogen (secondary N) is 2. The summed E-state index contributed by atoms with van der Waals surface area (Å²) < 4.78 is 0. The fourth-order valence-corrected chi connectivity index (χ4v) is 3.99. The van der Waals surface area contributed by atoms with Crippen LogP contribution < -0.4 is 10.6 Å². The van der Waals surface area contributed by atoms with Crippen molar-refractivity contribution < 1.29 is 9.59 Å². The molecule has 0 radical (unpaired) electrons. The van der Waals surface area contributed by atoms with E-state index in [1.54, 1.807) is 31.3 Å². The van der Waals surface area contributed by atoms with Gasteiger partial charge in [-0.3, -0.25) is 14.5 Å². The zero-order chi connectivity index (χ0) is 18.8. The molecule has 5 nitrogen and oxygen atoms in total. The minimum atomic E-state index is -0.132. The van der Waals surface area contributed by atoms with Gasteiger partial charge < -0.3 is 10.6 Å². The average molecular weight is 363 g/mol. The first-order valence-electron chi connectivity index (χ1n) is 9.61. The van der Waals surface area contributed by atoms with Crippen molar-refractivity contribution >= 4 is 17.5 Å². The minimum Gasteiger partial charge on any atom is -0.355 e. The number of nitrogens with zero attached hydrogens (tertiary/aromatic N) is 1. The SMILES string of the molecule is CNC(=O)c1ccc(NC(=O)CN(C2CC2)[C@@H]2CCc3ccccc32)cc1. The lowest BCUT2D eigenvalue weighted by atomic mass is 10.1. The molecular weight excluding hydrogens is 338 g/mol. The predicted molar refractivity (Wildman–Crippen MR) is 106 cm³/mol. The van der Waals surface area contributed by atoms with Gasteiger partial charge in [0.05, 0.1) is 6.54 Å². The molecule has 2 aliphatic carbocycles. The topological polar surface area (TPSA) is 61.4 Å². The number of hydrogen-bond donors (Lipinski definition) is 2. The maximum Gasteiger partial charge on any atom is 0.251 e. The van der Waals surface area contributed by atoms with Gasteiger partial charge in [-0.25, -0.2) is 0 Å². The first-order valence-corrected chi connectivity index (χ1v) is 9.61. The predicted octanol–water partition coefficient (Wildman–Crippen LogP) is 3.14. The molecule has 0 aromatic heterocycles. The molecule has 27 heavy (non-hydrogen) atoms. The molecule has 0 bridgehead atoms. The molecule has 2 N–H and O–H groups in total. The summed E-state index contributed by atoms with van der Waals surface area (Å²) in [5.74, 6) is -0.133. The summed E-state index contributed by atoms with van der Waals surface area (Å²) in [5, 5.41) is 5.57.